The molecule has 1 N–H and O–H groups in total. The molecule has 84 valence electrons. The summed E-state index contributed by atoms with van der Waals surface area (Å²) in [6.07, 6.45) is 3.66. The molecule has 0 saturated carbocycles. The monoisotopic (exact) mass is 210 g/mol. The molecule has 1 atom stereocenters. The van der Waals surface area contributed by atoms with E-state index in [1.807, 2.05) is 13.8 Å². The molecule has 1 unspecified atom stereocenters. The third-order valence-electron chi connectivity index (χ3n) is 2.29. The second kappa shape index (κ2) is 5.53. The van der Waals surface area contributed by atoms with Crippen LogP contribution in [0.15, 0.2) is 10.7 Å². The van der Waals surface area contributed by atoms with Crippen molar-refractivity contribution in [2.75, 3.05) is 0 Å². The smallest absolute Gasteiger partial charge is 0.220 e. The summed E-state index contributed by atoms with van der Waals surface area (Å²) in [6, 6.07) is 0.247. The van der Waals surface area contributed by atoms with E-state index in [-0.39, 0.29) is 11.9 Å². The van der Waals surface area contributed by atoms with Crippen LogP contribution < -0.4 is 5.32 Å². The minimum Gasteiger partial charge on any atom is -0.449 e. The lowest BCUT2D eigenvalue weighted by Crippen LogP contribution is -2.32. The first kappa shape index (κ1) is 11.8. The van der Waals surface area contributed by atoms with Crippen molar-refractivity contribution in [3.63, 3.8) is 0 Å². The first-order chi connectivity index (χ1) is 7.11. The Balaban J connectivity index is 2.28. The van der Waals surface area contributed by atoms with Gasteiger partial charge in [-0.1, -0.05) is 6.92 Å². The summed E-state index contributed by atoms with van der Waals surface area (Å²) in [5.74, 6) is 0.720. The molecular formula is C11H18N2O2. The second-order valence-corrected chi connectivity index (χ2v) is 3.73. The molecule has 1 aromatic rings. The van der Waals surface area contributed by atoms with Crippen LogP contribution in [0.25, 0.3) is 0 Å². The van der Waals surface area contributed by atoms with Gasteiger partial charge in [-0.15, -0.1) is 0 Å². The minimum absolute atomic E-state index is 0.0741. The SMILES string of the molecule is CCC(C)NC(=O)CCc1coc(C)n1. The highest BCUT2D eigenvalue weighted by Crippen LogP contribution is 2.03. The molecule has 1 aromatic heterocycles. The van der Waals surface area contributed by atoms with Gasteiger partial charge in [0.25, 0.3) is 0 Å². The number of nitrogens with zero attached hydrogens (tertiary/aromatic N) is 1. The summed E-state index contributed by atoms with van der Waals surface area (Å²) in [7, 11) is 0. The number of nitrogens with one attached hydrogen (secondary N) is 1. The van der Waals surface area contributed by atoms with Crippen molar-refractivity contribution in [2.24, 2.45) is 0 Å². The fourth-order valence-electron chi connectivity index (χ4n) is 1.21. The van der Waals surface area contributed by atoms with E-state index in [4.69, 9.17) is 4.42 Å². The fraction of sp³-hybridized carbons (Fsp3) is 0.636. The van der Waals surface area contributed by atoms with Gasteiger partial charge in [0.05, 0.1) is 5.69 Å². The number of aromatic nitrogens is 1. The summed E-state index contributed by atoms with van der Waals surface area (Å²) in [4.78, 5) is 15.6. The quantitative estimate of drug-likeness (QED) is 0.806. The van der Waals surface area contributed by atoms with Gasteiger partial charge >= 0.3 is 0 Å². The molecule has 0 aliphatic carbocycles. The lowest BCUT2D eigenvalue weighted by atomic mass is 10.2. The van der Waals surface area contributed by atoms with Crippen molar-refractivity contribution in [3.05, 3.63) is 17.8 Å². The molecule has 0 bridgehead atoms. The zero-order chi connectivity index (χ0) is 11.3. The van der Waals surface area contributed by atoms with Crippen LogP contribution in [0.3, 0.4) is 0 Å². The normalized spacial score (nSPS) is 12.5. The minimum atomic E-state index is 0.0741. The van der Waals surface area contributed by atoms with E-state index in [1.165, 1.54) is 0 Å². The molecule has 0 radical (unpaired) electrons. The van der Waals surface area contributed by atoms with Crippen LogP contribution in [0.2, 0.25) is 0 Å². The zero-order valence-corrected chi connectivity index (χ0v) is 9.54. The maximum Gasteiger partial charge on any atom is 0.220 e. The van der Waals surface area contributed by atoms with Gasteiger partial charge in [-0.05, 0) is 13.3 Å². The van der Waals surface area contributed by atoms with Gasteiger partial charge in [-0.25, -0.2) is 4.98 Å². The molecule has 1 rings (SSSR count). The van der Waals surface area contributed by atoms with E-state index >= 15 is 0 Å². The Kier molecular flexibility index (Phi) is 4.34. The van der Waals surface area contributed by atoms with Crippen molar-refractivity contribution in [1.29, 1.82) is 0 Å². The molecule has 15 heavy (non-hydrogen) atoms. The Labute approximate surface area is 90.1 Å². The largest absolute Gasteiger partial charge is 0.449 e. The van der Waals surface area contributed by atoms with Crippen molar-refractivity contribution in [2.45, 2.75) is 46.1 Å². The van der Waals surface area contributed by atoms with Crippen LogP contribution in [0.4, 0.5) is 0 Å². The zero-order valence-electron chi connectivity index (χ0n) is 9.54. The Morgan fingerprint density at radius 2 is 2.40 bits per heavy atom. The Hall–Kier alpha value is -1.32. The summed E-state index contributed by atoms with van der Waals surface area (Å²) >= 11 is 0. The fourth-order valence-corrected chi connectivity index (χ4v) is 1.21. The van der Waals surface area contributed by atoms with Gasteiger partial charge < -0.3 is 9.73 Å². The van der Waals surface area contributed by atoms with Crippen LogP contribution in [-0.4, -0.2) is 16.9 Å². The molecule has 0 spiro atoms. The van der Waals surface area contributed by atoms with E-state index < -0.39 is 0 Å². The number of hydrogen-bond acceptors (Lipinski definition) is 3. The maximum atomic E-state index is 11.4. The first-order valence-corrected chi connectivity index (χ1v) is 5.32. The lowest BCUT2D eigenvalue weighted by molar-refractivity contribution is -0.121. The molecule has 0 saturated heterocycles. The van der Waals surface area contributed by atoms with Crippen LogP contribution in [0.1, 0.15) is 38.3 Å². The Bertz CT molecular complexity index is 320. The summed E-state index contributed by atoms with van der Waals surface area (Å²) in [6.45, 7) is 5.84. The molecule has 4 heteroatoms. The van der Waals surface area contributed by atoms with Crippen molar-refractivity contribution in [3.8, 4) is 0 Å². The molecule has 4 nitrogen and oxygen atoms in total. The standard InChI is InChI=1S/C11H18N2O2/c1-4-8(2)12-11(14)6-5-10-7-15-9(3)13-10/h7-8H,4-6H2,1-3H3,(H,12,14). The number of hydrogen-bond donors (Lipinski definition) is 1. The van der Waals surface area contributed by atoms with Crippen molar-refractivity contribution in [1.82, 2.24) is 10.3 Å². The highest BCUT2D eigenvalue weighted by atomic mass is 16.3. The summed E-state index contributed by atoms with van der Waals surface area (Å²) < 4.78 is 5.06. The van der Waals surface area contributed by atoms with Gasteiger partial charge in [0.1, 0.15) is 6.26 Å². The predicted molar refractivity (Wildman–Crippen MR) is 57.5 cm³/mol. The van der Waals surface area contributed by atoms with E-state index in [2.05, 4.69) is 10.3 Å². The van der Waals surface area contributed by atoms with E-state index in [0.717, 1.165) is 12.1 Å². The lowest BCUT2D eigenvalue weighted by Gasteiger charge is -2.10. The third-order valence-corrected chi connectivity index (χ3v) is 2.29. The molecule has 1 heterocycles. The van der Waals surface area contributed by atoms with E-state index in [1.54, 1.807) is 13.2 Å². The molecule has 0 aliphatic rings. The van der Waals surface area contributed by atoms with Gasteiger partial charge in [0, 0.05) is 25.8 Å². The number of amides is 1. The molecule has 0 aromatic carbocycles. The van der Waals surface area contributed by atoms with E-state index in [9.17, 15) is 4.79 Å². The van der Waals surface area contributed by atoms with Crippen LogP contribution in [0, 0.1) is 6.92 Å². The highest BCUT2D eigenvalue weighted by molar-refractivity contribution is 5.76. The molecule has 0 aliphatic heterocycles. The van der Waals surface area contributed by atoms with Crippen LogP contribution >= 0.6 is 0 Å². The summed E-state index contributed by atoms with van der Waals surface area (Å²) in [5.41, 5.74) is 0.840. The van der Waals surface area contributed by atoms with Gasteiger partial charge in [-0.2, -0.15) is 0 Å². The molecular weight excluding hydrogens is 192 g/mol. The van der Waals surface area contributed by atoms with Crippen LogP contribution in [0.5, 0.6) is 0 Å². The second-order valence-electron chi connectivity index (χ2n) is 3.73. The number of carbonyl (C=O) groups excluding carboxylic acids is 1. The number of aryl methyl sites for hydroxylation is 2. The number of carbonyl (C=O) groups is 1. The molecule has 1 amide bonds. The Morgan fingerprint density at radius 3 is 2.93 bits per heavy atom. The Morgan fingerprint density at radius 1 is 1.67 bits per heavy atom. The average molecular weight is 210 g/mol. The maximum absolute atomic E-state index is 11.4. The third kappa shape index (κ3) is 4.14. The van der Waals surface area contributed by atoms with Crippen molar-refractivity contribution >= 4 is 5.91 Å². The number of oxazole rings is 1. The van der Waals surface area contributed by atoms with Gasteiger partial charge in [0.2, 0.25) is 5.91 Å². The molecule has 0 fully saturated rings. The predicted octanol–water partition coefficient (Wildman–Crippen LogP) is 1.83. The average Bonchev–Trinajstić information content (AvgIpc) is 2.61. The van der Waals surface area contributed by atoms with Crippen molar-refractivity contribution < 1.29 is 9.21 Å². The topological polar surface area (TPSA) is 55.1 Å². The van der Waals surface area contributed by atoms with E-state index in [0.29, 0.717) is 18.7 Å². The first-order valence-electron chi connectivity index (χ1n) is 5.32. The van der Waals surface area contributed by atoms with Crippen LogP contribution in [-0.2, 0) is 11.2 Å². The van der Waals surface area contributed by atoms with Gasteiger partial charge in [0.15, 0.2) is 5.89 Å². The van der Waals surface area contributed by atoms with Gasteiger partial charge in [-0.3, -0.25) is 4.79 Å². The summed E-state index contributed by atoms with van der Waals surface area (Å²) in [5, 5.41) is 2.91. The highest BCUT2D eigenvalue weighted by Gasteiger charge is 2.07. The number of rotatable bonds is 5.